The van der Waals surface area contributed by atoms with Crippen molar-refractivity contribution in [2.24, 2.45) is 0 Å². The van der Waals surface area contributed by atoms with Crippen LogP contribution in [0.1, 0.15) is 5.56 Å². The molecule has 0 bridgehead atoms. The number of imide groups is 1. The summed E-state index contributed by atoms with van der Waals surface area (Å²) in [7, 11) is 1.18. The average molecular weight is 328 g/mol. The number of nitrogens with zero attached hydrogens (tertiary/aromatic N) is 1. The molecule has 0 atom stereocenters. The Balaban J connectivity index is 2.23. The van der Waals surface area contributed by atoms with E-state index in [1.54, 1.807) is 6.07 Å². The fourth-order valence-electron chi connectivity index (χ4n) is 1.59. The lowest BCUT2D eigenvalue weighted by molar-refractivity contribution is -0.143. The summed E-state index contributed by atoms with van der Waals surface area (Å²) in [5, 5.41) is 8.92. The van der Waals surface area contributed by atoms with E-state index in [0.717, 1.165) is 16.7 Å². The summed E-state index contributed by atoms with van der Waals surface area (Å²) in [4.78, 5) is 35.9. The maximum Gasteiger partial charge on any atom is 0.325 e. The first kappa shape index (κ1) is 15.4. The molecule has 0 unspecified atom stereocenters. The number of carbonyl (C=O) groups excluding carboxylic acids is 3. The number of rotatable bonds is 3. The zero-order valence-corrected chi connectivity index (χ0v) is 12.4. The molecule has 1 saturated heterocycles. The highest BCUT2D eigenvalue weighted by molar-refractivity contribution is 8.18. The summed E-state index contributed by atoms with van der Waals surface area (Å²) < 4.78 is 4.43. The molecule has 0 aromatic heterocycles. The van der Waals surface area contributed by atoms with Crippen molar-refractivity contribution < 1.29 is 24.2 Å². The van der Waals surface area contributed by atoms with Crippen LogP contribution in [0, 0.1) is 0 Å². The zero-order chi connectivity index (χ0) is 15.6. The molecule has 1 aliphatic heterocycles. The van der Waals surface area contributed by atoms with Crippen LogP contribution in [-0.2, 0) is 14.3 Å². The van der Waals surface area contributed by atoms with E-state index in [0.29, 0.717) is 5.56 Å². The molecule has 0 saturated carbocycles. The lowest BCUT2D eigenvalue weighted by atomic mass is 10.2. The minimum atomic E-state index is -0.675. The molecule has 110 valence electrons. The summed E-state index contributed by atoms with van der Waals surface area (Å²) in [6.07, 6.45) is 1.47. The number of amides is 2. The maximum atomic E-state index is 12.0. The Bertz CT molecular complexity index is 658. The second-order valence-electron chi connectivity index (χ2n) is 4.05. The highest BCUT2D eigenvalue weighted by Crippen LogP contribution is 2.33. The standard InChI is InChI=1S/C13H10ClNO5S/c1-20-11(17)6-15-12(18)10(21-13(15)19)5-7-2-3-9(16)8(14)4-7/h2-5,16H,6H2,1H3/b10-5+. The molecule has 1 heterocycles. The number of hydrogen-bond acceptors (Lipinski definition) is 6. The van der Waals surface area contributed by atoms with Gasteiger partial charge in [0.1, 0.15) is 12.3 Å². The van der Waals surface area contributed by atoms with Crippen LogP contribution in [-0.4, -0.2) is 40.8 Å². The van der Waals surface area contributed by atoms with E-state index >= 15 is 0 Å². The van der Waals surface area contributed by atoms with E-state index in [1.165, 1.54) is 25.3 Å². The quantitative estimate of drug-likeness (QED) is 0.677. The van der Waals surface area contributed by atoms with Gasteiger partial charge in [-0.2, -0.15) is 0 Å². The maximum absolute atomic E-state index is 12.0. The van der Waals surface area contributed by atoms with Crippen LogP contribution in [0.5, 0.6) is 5.75 Å². The number of aromatic hydroxyl groups is 1. The monoisotopic (exact) mass is 327 g/mol. The Morgan fingerprint density at radius 2 is 2.19 bits per heavy atom. The van der Waals surface area contributed by atoms with E-state index in [-0.39, 0.29) is 15.7 Å². The lowest BCUT2D eigenvalue weighted by Crippen LogP contribution is -2.34. The molecule has 1 aromatic rings. The first-order valence-corrected chi connectivity index (χ1v) is 6.92. The van der Waals surface area contributed by atoms with Crippen LogP contribution in [0.4, 0.5) is 4.79 Å². The number of halogens is 1. The normalized spacial score (nSPS) is 16.7. The van der Waals surface area contributed by atoms with Crippen LogP contribution in [0.2, 0.25) is 5.02 Å². The van der Waals surface area contributed by atoms with Crippen molar-refractivity contribution in [3.05, 3.63) is 33.7 Å². The van der Waals surface area contributed by atoms with Crippen molar-refractivity contribution in [1.29, 1.82) is 0 Å². The van der Waals surface area contributed by atoms with Gasteiger partial charge in [0.2, 0.25) is 0 Å². The predicted octanol–water partition coefficient (Wildman–Crippen LogP) is 2.25. The first-order valence-electron chi connectivity index (χ1n) is 5.73. The third kappa shape index (κ3) is 3.37. The predicted molar refractivity (Wildman–Crippen MR) is 77.8 cm³/mol. The molecular formula is C13H10ClNO5S. The Morgan fingerprint density at radius 1 is 1.48 bits per heavy atom. The largest absolute Gasteiger partial charge is 0.506 e. The number of benzene rings is 1. The van der Waals surface area contributed by atoms with Gasteiger partial charge >= 0.3 is 5.97 Å². The van der Waals surface area contributed by atoms with Gasteiger partial charge in [0.05, 0.1) is 17.0 Å². The van der Waals surface area contributed by atoms with Gasteiger partial charge in [0, 0.05) is 0 Å². The molecule has 0 spiro atoms. The number of phenols is 1. The topological polar surface area (TPSA) is 83.9 Å². The number of carbonyl (C=O) groups is 3. The number of phenolic OH excluding ortho intramolecular Hbond substituents is 1. The molecule has 6 nitrogen and oxygen atoms in total. The second-order valence-corrected chi connectivity index (χ2v) is 5.46. The SMILES string of the molecule is COC(=O)CN1C(=O)S/C(=C/c2ccc(O)c(Cl)c2)C1=O. The molecule has 8 heteroatoms. The Morgan fingerprint density at radius 3 is 2.81 bits per heavy atom. The second kappa shape index (κ2) is 6.19. The van der Waals surface area contributed by atoms with E-state index in [1.807, 2.05) is 0 Å². The highest BCUT2D eigenvalue weighted by atomic mass is 35.5. The van der Waals surface area contributed by atoms with Crippen molar-refractivity contribution in [2.45, 2.75) is 0 Å². The highest BCUT2D eigenvalue weighted by Gasteiger charge is 2.36. The summed E-state index contributed by atoms with van der Waals surface area (Å²) in [6, 6.07) is 4.40. The Labute approximate surface area is 129 Å². The van der Waals surface area contributed by atoms with Crippen LogP contribution in [0.25, 0.3) is 6.08 Å². The van der Waals surface area contributed by atoms with Gasteiger partial charge in [-0.15, -0.1) is 0 Å². The minimum absolute atomic E-state index is 0.0763. The van der Waals surface area contributed by atoms with E-state index < -0.39 is 23.7 Å². The lowest BCUT2D eigenvalue weighted by Gasteiger charge is -2.09. The van der Waals surface area contributed by atoms with Crippen molar-refractivity contribution in [3.63, 3.8) is 0 Å². The third-order valence-electron chi connectivity index (χ3n) is 2.66. The van der Waals surface area contributed by atoms with Crippen LogP contribution in [0.15, 0.2) is 23.1 Å². The molecule has 2 rings (SSSR count). The van der Waals surface area contributed by atoms with E-state index in [2.05, 4.69) is 4.74 Å². The van der Waals surface area contributed by atoms with Gasteiger partial charge in [0.15, 0.2) is 0 Å². The van der Waals surface area contributed by atoms with E-state index in [9.17, 15) is 19.5 Å². The molecule has 21 heavy (non-hydrogen) atoms. The van der Waals surface area contributed by atoms with Crippen LogP contribution in [0.3, 0.4) is 0 Å². The molecule has 0 aliphatic carbocycles. The van der Waals surface area contributed by atoms with Crippen LogP contribution >= 0.6 is 23.4 Å². The fourth-order valence-corrected chi connectivity index (χ4v) is 2.62. The summed E-state index contributed by atoms with van der Waals surface area (Å²) in [5.74, 6) is -1.32. The smallest absolute Gasteiger partial charge is 0.325 e. The van der Waals surface area contributed by atoms with Crippen LogP contribution < -0.4 is 0 Å². The molecule has 1 fully saturated rings. The zero-order valence-electron chi connectivity index (χ0n) is 10.8. The summed E-state index contributed by atoms with van der Waals surface area (Å²) in [5.41, 5.74) is 0.557. The molecule has 0 radical (unpaired) electrons. The average Bonchev–Trinajstić information content (AvgIpc) is 2.70. The van der Waals surface area contributed by atoms with Gasteiger partial charge in [0.25, 0.3) is 11.1 Å². The number of hydrogen-bond donors (Lipinski definition) is 1. The van der Waals surface area contributed by atoms with E-state index in [4.69, 9.17) is 11.6 Å². The van der Waals surface area contributed by atoms with Gasteiger partial charge < -0.3 is 9.84 Å². The number of ether oxygens (including phenoxy) is 1. The molecule has 2 amide bonds. The molecular weight excluding hydrogens is 318 g/mol. The summed E-state index contributed by atoms with van der Waals surface area (Å²) >= 11 is 6.50. The van der Waals surface area contributed by atoms with Crippen molar-refractivity contribution in [1.82, 2.24) is 4.90 Å². The molecule has 1 aliphatic rings. The number of esters is 1. The van der Waals surface area contributed by atoms with Crippen molar-refractivity contribution >= 4 is 46.6 Å². The fraction of sp³-hybridized carbons (Fsp3) is 0.154. The third-order valence-corrected chi connectivity index (χ3v) is 3.87. The van der Waals surface area contributed by atoms with Gasteiger partial charge in [-0.3, -0.25) is 19.3 Å². The minimum Gasteiger partial charge on any atom is -0.506 e. The Hall–Kier alpha value is -1.99. The summed E-state index contributed by atoms with van der Waals surface area (Å²) in [6.45, 7) is -0.422. The Kier molecular flexibility index (Phi) is 4.54. The van der Waals surface area contributed by atoms with Crippen molar-refractivity contribution in [2.75, 3.05) is 13.7 Å². The van der Waals surface area contributed by atoms with Gasteiger partial charge in [-0.25, -0.2) is 0 Å². The first-order chi connectivity index (χ1) is 9.92. The number of methoxy groups -OCH3 is 1. The number of thioether (sulfide) groups is 1. The van der Waals surface area contributed by atoms with Gasteiger partial charge in [-0.05, 0) is 35.5 Å². The van der Waals surface area contributed by atoms with Gasteiger partial charge in [-0.1, -0.05) is 17.7 Å². The molecule has 1 aromatic carbocycles. The van der Waals surface area contributed by atoms with Crippen molar-refractivity contribution in [3.8, 4) is 5.75 Å². The molecule has 1 N–H and O–H groups in total.